The summed E-state index contributed by atoms with van der Waals surface area (Å²) in [6.45, 7) is 0. The van der Waals surface area contributed by atoms with Crippen LogP contribution in [0.2, 0.25) is 0 Å². The number of imidazole rings is 2. The Kier molecular flexibility index (Phi) is 17.5. The Morgan fingerprint density at radius 2 is 0.846 bits per heavy atom. The number of hydrogen-bond acceptors (Lipinski definition) is 7. The summed E-state index contributed by atoms with van der Waals surface area (Å²) in [5.74, 6) is 3.10. The molecule has 0 saturated heterocycles. The minimum atomic E-state index is 0. The van der Waals surface area contributed by atoms with Gasteiger partial charge in [-0.2, -0.15) is 24.3 Å². The van der Waals surface area contributed by atoms with Gasteiger partial charge in [0.2, 0.25) is 0 Å². The van der Waals surface area contributed by atoms with Gasteiger partial charge in [0, 0.05) is 37.8 Å². The number of aromatic nitrogens is 8. The van der Waals surface area contributed by atoms with E-state index >= 15 is 0 Å². The zero-order valence-corrected chi connectivity index (χ0v) is 45.5. The molecule has 78 heavy (non-hydrogen) atoms. The van der Waals surface area contributed by atoms with E-state index in [-0.39, 0.29) is 20.1 Å². The topological polar surface area (TPSA) is 107 Å². The van der Waals surface area contributed by atoms with E-state index in [1.54, 1.807) is 40.8 Å². The van der Waals surface area contributed by atoms with Gasteiger partial charge >= 0.3 is 0 Å². The first kappa shape index (κ1) is 53.2. The Labute approximate surface area is 467 Å². The minimum Gasteiger partial charge on any atom is -0.523 e. The molecule has 0 atom stereocenters. The number of pyridine rings is 1. The van der Waals surface area contributed by atoms with E-state index in [4.69, 9.17) is 18.9 Å². The Morgan fingerprint density at radius 3 is 1.23 bits per heavy atom. The van der Waals surface area contributed by atoms with Crippen LogP contribution in [0, 0.1) is 24.8 Å². The van der Waals surface area contributed by atoms with Gasteiger partial charge in [-0.3, -0.25) is 19.3 Å². The number of nitrogens with zero attached hydrogens (tertiary/aromatic N) is 8. The SMILES string of the molecule is COc1cc[c-]c(-n2[c-][n+](-c3cccc(OC)c3)c(-c3ccccc3)c2-c2ccccc2)c1.COc1cc[c-]c(-n2[c-][n+](-c3cccc(OC)c3)c(-c3ccccc3)c2-c2ccccc2)c1.[Ir].c1ccc(-c2cnn[n-]2)nc1. The van der Waals surface area contributed by atoms with E-state index in [9.17, 15) is 0 Å². The number of hydrogen-bond donors (Lipinski definition) is 0. The molecule has 12 rings (SSSR count). The van der Waals surface area contributed by atoms with Crippen molar-refractivity contribution in [2.24, 2.45) is 0 Å². The van der Waals surface area contributed by atoms with Crippen LogP contribution in [0.5, 0.6) is 23.0 Å². The Hall–Kier alpha value is -9.68. The molecule has 1 radical (unpaired) electrons. The van der Waals surface area contributed by atoms with Crippen molar-refractivity contribution >= 4 is 0 Å². The van der Waals surface area contributed by atoms with Gasteiger partial charge in [-0.05, 0) is 87.9 Å². The molecule has 0 saturated carbocycles. The maximum Gasteiger partial charge on any atom is 0.268 e. The molecule has 0 spiro atoms. The normalized spacial score (nSPS) is 10.5. The van der Waals surface area contributed by atoms with Gasteiger partial charge < -0.3 is 38.3 Å². The van der Waals surface area contributed by atoms with Gasteiger partial charge in [0.15, 0.2) is 0 Å². The second-order valence-corrected chi connectivity index (χ2v) is 17.1. The molecule has 12 nitrogen and oxygen atoms in total. The van der Waals surface area contributed by atoms with Gasteiger partial charge in [-0.15, -0.1) is 24.3 Å². The zero-order chi connectivity index (χ0) is 52.8. The van der Waals surface area contributed by atoms with Gasteiger partial charge in [0.05, 0.1) is 68.3 Å². The molecule has 13 heteroatoms. The van der Waals surface area contributed by atoms with Crippen molar-refractivity contribution in [1.82, 2.24) is 29.5 Å². The fourth-order valence-corrected chi connectivity index (χ4v) is 8.68. The number of rotatable bonds is 13. The predicted octanol–water partition coefficient (Wildman–Crippen LogP) is 11.9. The van der Waals surface area contributed by atoms with Crippen LogP contribution in [0.1, 0.15) is 0 Å². The fraction of sp³-hybridized carbons (Fsp3) is 0.0615. The minimum absolute atomic E-state index is 0. The second-order valence-electron chi connectivity index (χ2n) is 17.1. The Morgan fingerprint density at radius 1 is 0.436 bits per heavy atom. The van der Waals surface area contributed by atoms with E-state index in [1.165, 1.54) is 0 Å². The third-order valence-corrected chi connectivity index (χ3v) is 12.3. The molecule has 8 aromatic carbocycles. The first-order valence-corrected chi connectivity index (χ1v) is 24.6. The summed E-state index contributed by atoms with van der Waals surface area (Å²) in [5, 5.41) is 10.8. The zero-order valence-electron chi connectivity index (χ0n) is 43.1. The van der Waals surface area contributed by atoms with Crippen molar-refractivity contribution in [3.05, 3.63) is 262 Å². The second kappa shape index (κ2) is 25.7. The molecule has 12 aromatic rings. The van der Waals surface area contributed by atoms with Gasteiger partial charge in [-0.25, -0.2) is 0 Å². The van der Waals surface area contributed by atoms with Crippen molar-refractivity contribution in [3.8, 4) is 102 Å². The van der Waals surface area contributed by atoms with Crippen molar-refractivity contribution in [2.45, 2.75) is 0 Å². The number of benzene rings is 8. The summed E-state index contributed by atoms with van der Waals surface area (Å²) in [6.07, 6.45) is 10.4. The third kappa shape index (κ3) is 12.0. The fourth-order valence-electron chi connectivity index (χ4n) is 8.68. The third-order valence-electron chi connectivity index (χ3n) is 12.3. The Balaban J connectivity index is 0.000000157. The summed E-state index contributed by atoms with van der Waals surface area (Å²) < 4.78 is 30.2. The smallest absolute Gasteiger partial charge is 0.268 e. The van der Waals surface area contributed by atoms with Crippen molar-refractivity contribution in [3.63, 3.8) is 0 Å². The molecule has 0 aliphatic carbocycles. The first-order valence-electron chi connectivity index (χ1n) is 24.6. The van der Waals surface area contributed by atoms with E-state index in [0.717, 1.165) is 96.5 Å². The monoisotopic (exact) mass is 1200 g/mol. The average molecular weight is 1200 g/mol. The van der Waals surface area contributed by atoms with Crippen LogP contribution in [0.15, 0.2) is 237 Å². The molecule has 4 aromatic heterocycles. The molecule has 0 bridgehead atoms. The molecule has 0 aliphatic heterocycles. The molecule has 0 aliphatic rings. The van der Waals surface area contributed by atoms with Crippen LogP contribution in [-0.4, -0.2) is 52.9 Å². The molecule has 0 fully saturated rings. The summed E-state index contributed by atoms with van der Waals surface area (Å²) >= 11 is 0. The van der Waals surface area contributed by atoms with E-state index < -0.39 is 0 Å². The quantitative estimate of drug-likeness (QED) is 0.0830. The molecule has 0 amide bonds. The molecule has 387 valence electrons. The van der Waals surface area contributed by atoms with Crippen LogP contribution in [0.3, 0.4) is 0 Å². The standard InChI is InChI=1S/2C29H23N2O2.C7H5N4.Ir/c2*1-32-26-17-9-15-24(19-26)30-21-31(25-16-10-18-27(20-25)33-2)29(23-13-7-4-8-14-23)28(30)22-11-5-3-6-12-22;1-2-4-8-6(3-1)7-5-9-11-10-7;/h2*3-15,17-20H,1-2H3;1-5H;/q3*-1;. The van der Waals surface area contributed by atoms with Crippen LogP contribution in [0.4, 0.5) is 0 Å². The van der Waals surface area contributed by atoms with Crippen molar-refractivity contribution in [2.75, 3.05) is 28.4 Å². The molecule has 4 heterocycles. The summed E-state index contributed by atoms with van der Waals surface area (Å²) in [6, 6.07) is 81.2. The maximum atomic E-state index is 5.50. The average Bonchev–Trinajstić information content (AvgIpc) is 4.38. The van der Waals surface area contributed by atoms with Gasteiger partial charge in [-0.1, -0.05) is 146 Å². The van der Waals surface area contributed by atoms with Crippen molar-refractivity contribution in [1.29, 1.82) is 0 Å². The van der Waals surface area contributed by atoms with E-state index in [0.29, 0.717) is 5.69 Å². The molecular weight excluding hydrogens is 1150 g/mol. The largest absolute Gasteiger partial charge is 0.523 e. The summed E-state index contributed by atoms with van der Waals surface area (Å²) in [7, 11) is 6.69. The van der Waals surface area contributed by atoms with Crippen molar-refractivity contribution < 1.29 is 48.2 Å². The number of methoxy groups -OCH3 is 4. The first-order chi connectivity index (χ1) is 38.0. The predicted molar refractivity (Wildman–Crippen MR) is 296 cm³/mol. The molecular formula is C65H51IrN8O4-3. The van der Waals surface area contributed by atoms with Crippen LogP contribution >= 0.6 is 0 Å². The van der Waals surface area contributed by atoms with Crippen LogP contribution in [0.25, 0.3) is 79.2 Å². The maximum absolute atomic E-state index is 5.50. The molecule has 0 N–H and O–H groups in total. The van der Waals surface area contributed by atoms with Crippen LogP contribution < -0.4 is 33.2 Å². The van der Waals surface area contributed by atoms with Gasteiger partial charge in [0.1, 0.15) is 11.5 Å². The number of ether oxygens (including phenoxy) is 4. The summed E-state index contributed by atoms with van der Waals surface area (Å²) in [4.78, 5) is 4.08. The van der Waals surface area contributed by atoms with Gasteiger partial charge in [0.25, 0.3) is 12.7 Å². The molecule has 0 unspecified atom stereocenters. The van der Waals surface area contributed by atoms with E-state index in [1.807, 2.05) is 149 Å². The van der Waals surface area contributed by atoms with E-state index in [2.05, 4.69) is 139 Å². The Bertz CT molecular complexity index is 3380. The van der Waals surface area contributed by atoms with Crippen LogP contribution in [-0.2, 0) is 20.1 Å². The summed E-state index contributed by atoms with van der Waals surface area (Å²) in [5.41, 5.74) is 13.5.